The third kappa shape index (κ3) is 3.75. The topological polar surface area (TPSA) is 78.9 Å². The van der Waals surface area contributed by atoms with Crippen molar-refractivity contribution in [2.24, 2.45) is 0 Å². The molecule has 1 N–H and O–H groups in total. The Balaban J connectivity index is 1.91. The molecular formula is C19H20N2O5S. The third-order valence-corrected chi connectivity index (χ3v) is 4.77. The normalized spacial score (nSPS) is 10.5. The van der Waals surface area contributed by atoms with E-state index in [1.807, 2.05) is 25.1 Å². The standard InChI is InChI=1S/C19H20N2O5S/c1-5-26-12-7-6-8-15-16(12)20-19(27-15)21-18(22)11-9-13(23-2)17(25-4)14(10-11)24-3/h6-10H,5H2,1-4H3,(H,20,21,22). The van der Waals surface area contributed by atoms with E-state index in [-0.39, 0.29) is 5.91 Å². The summed E-state index contributed by atoms with van der Waals surface area (Å²) in [5.41, 5.74) is 1.10. The largest absolute Gasteiger partial charge is 0.493 e. The molecule has 0 aliphatic rings. The maximum absolute atomic E-state index is 12.7. The Hall–Kier alpha value is -3.00. The van der Waals surface area contributed by atoms with Gasteiger partial charge in [-0.3, -0.25) is 10.1 Å². The minimum atomic E-state index is -0.328. The summed E-state index contributed by atoms with van der Waals surface area (Å²) >= 11 is 1.38. The number of hydrogen-bond donors (Lipinski definition) is 1. The number of ether oxygens (including phenoxy) is 4. The average Bonchev–Trinajstić information content (AvgIpc) is 3.10. The van der Waals surface area contributed by atoms with Gasteiger partial charge in [0.2, 0.25) is 5.75 Å². The zero-order chi connectivity index (χ0) is 19.4. The number of para-hydroxylation sites is 1. The molecule has 0 bridgehead atoms. The summed E-state index contributed by atoms with van der Waals surface area (Å²) in [5.74, 6) is 1.61. The van der Waals surface area contributed by atoms with E-state index in [0.29, 0.717) is 40.3 Å². The van der Waals surface area contributed by atoms with Crippen molar-refractivity contribution >= 4 is 32.6 Å². The Morgan fingerprint density at radius 1 is 1.07 bits per heavy atom. The van der Waals surface area contributed by atoms with Gasteiger partial charge in [0.15, 0.2) is 16.6 Å². The molecule has 27 heavy (non-hydrogen) atoms. The molecular weight excluding hydrogens is 368 g/mol. The van der Waals surface area contributed by atoms with Crippen LogP contribution in [0.5, 0.6) is 23.0 Å². The van der Waals surface area contributed by atoms with Crippen LogP contribution in [-0.4, -0.2) is 38.8 Å². The van der Waals surface area contributed by atoms with Crippen LogP contribution < -0.4 is 24.3 Å². The number of anilines is 1. The molecule has 8 heteroatoms. The van der Waals surface area contributed by atoms with Crippen LogP contribution in [0.15, 0.2) is 30.3 Å². The van der Waals surface area contributed by atoms with E-state index in [2.05, 4.69) is 10.3 Å². The summed E-state index contributed by atoms with van der Waals surface area (Å²) < 4.78 is 22.4. The van der Waals surface area contributed by atoms with Crippen molar-refractivity contribution in [1.82, 2.24) is 4.98 Å². The summed E-state index contributed by atoms with van der Waals surface area (Å²) in [6.07, 6.45) is 0. The average molecular weight is 388 g/mol. The van der Waals surface area contributed by atoms with Crippen molar-refractivity contribution in [3.05, 3.63) is 35.9 Å². The zero-order valence-corrected chi connectivity index (χ0v) is 16.3. The molecule has 1 aromatic heterocycles. The van der Waals surface area contributed by atoms with Crippen LogP contribution in [0.3, 0.4) is 0 Å². The van der Waals surface area contributed by atoms with E-state index >= 15 is 0 Å². The van der Waals surface area contributed by atoms with Crippen LogP contribution >= 0.6 is 11.3 Å². The predicted molar refractivity (Wildman–Crippen MR) is 105 cm³/mol. The van der Waals surface area contributed by atoms with Crippen LogP contribution in [0.2, 0.25) is 0 Å². The lowest BCUT2D eigenvalue weighted by Gasteiger charge is -2.13. The van der Waals surface area contributed by atoms with Crippen molar-refractivity contribution in [3.8, 4) is 23.0 Å². The first-order valence-electron chi connectivity index (χ1n) is 8.25. The molecule has 0 unspecified atom stereocenters. The number of rotatable bonds is 7. The highest BCUT2D eigenvalue weighted by Gasteiger charge is 2.18. The molecule has 1 amide bonds. The number of benzene rings is 2. The summed E-state index contributed by atoms with van der Waals surface area (Å²) in [4.78, 5) is 17.2. The Bertz CT molecular complexity index is 945. The SMILES string of the molecule is CCOc1cccc2sc(NC(=O)c3cc(OC)c(OC)c(OC)c3)nc12. The molecule has 2 aromatic carbocycles. The first-order chi connectivity index (χ1) is 13.1. The van der Waals surface area contributed by atoms with Gasteiger partial charge in [-0.2, -0.15) is 0 Å². The lowest BCUT2D eigenvalue weighted by Crippen LogP contribution is -2.12. The minimum Gasteiger partial charge on any atom is -0.493 e. The second kappa shape index (κ2) is 8.13. The van der Waals surface area contributed by atoms with Gasteiger partial charge in [-0.25, -0.2) is 4.98 Å². The van der Waals surface area contributed by atoms with Crippen molar-refractivity contribution in [2.45, 2.75) is 6.92 Å². The molecule has 142 valence electrons. The van der Waals surface area contributed by atoms with Gasteiger partial charge in [0.05, 0.1) is 32.6 Å². The molecule has 0 spiro atoms. The van der Waals surface area contributed by atoms with Gasteiger partial charge in [0.25, 0.3) is 5.91 Å². The summed E-state index contributed by atoms with van der Waals surface area (Å²) in [6, 6.07) is 8.88. The molecule has 0 saturated heterocycles. The Morgan fingerprint density at radius 2 is 1.78 bits per heavy atom. The first-order valence-corrected chi connectivity index (χ1v) is 9.06. The lowest BCUT2D eigenvalue weighted by molar-refractivity contribution is 0.102. The van der Waals surface area contributed by atoms with Crippen LogP contribution in [0.25, 0.3) is 10.2 Å². The van der Waals surface area contributed by atoms with Gasteiger partial charge in [-0.05, 0) is 31.2 Å². The van der Waals surface area contributed by atoms with E-state index in [1.165, 1.54) is 32.7 Å². The molecule has 0 saturated carbocycles. The molecule has 0 radical (unpaired) electrons. The molecule has 3 aromatic rings. The predicted octanol–water partition coefficient (Wildman–Crippen LogP) is 3.97. The number of nitrogens with zero attached hydrogens (tertiary/aromatic N) is 1. The smallest absolute Gasteiger partial charge is 0.257 e. The second-order valence-corrected chi connectivity index (χ2v) is 6.45. The number of fused-ring (bicyclic) bond motifs is 1. The molecule has 1 heterocycles. The highest BCUT2D eigenvalue weighted by molar-refractivity contribution is 7.22. The Labute approximate surface area is 160 Å². The zero-order valence-electron chi connectivity index (χ0n) is 15.5. The monoisotopic (exact) mass is 388 g/mol. The molecule has 3 rings (SSSR count). The van der Waals surface area contributed by atoms with Crippen molar-refractivity contribution in [1.29, 1.82) is 0 Å². The fraction of sp³-hybridized carbons (Fsp3) is 0.263. The number of thiazole rings is 1. The number of carbonyl (C=O) groups is 1. The molecule has 0 aliphatic carbocycles. The maximum atomic E-state index is 12.7. The first kappa shape index (κ1) is 18.8. The van der Waals surface area contributed by atoms with Crippen molar-refractivity contribution in [2.75, 3.05) is 33.3 Å². The summed E-state index contributed by atoms with van der Waals surface area (Å²) in [5, 5.41) is 3.30. The van der Waals surface area contributed by atoms with Crippen molar-refractivity contribution < 1.29 is 23.7 Å². The fourth-order valence-electron chi connectivity index (χ4n) is 2.63. The van der Waals surface area contributed by atoms with Gasteiger partial charge in [0.1, 0.15) is 11.3 Å². The third-order valence-electron chi connectivity index (χ3n) is 3.83. The van der Waals surface area contributed by atoms with E-state index in [0.717, 1.165) is 10.2 Å². The van der Waals surface area contributed by atoms with Crippen LogP contribution in [-0.2, 0) is 0 Å². The summed E-state index contributed by atoms with van der Waals surface area (Å²) in [6.45, 7) is 2.46. The minimum absolute atomic E-state index is 0.328. The van der Waals surface area contributed by atoms with E-state index in [1.54, 1.807) is 12.1 Å². The number of aromatic nitrogens is 1. The fourth-order valence-corrected chi connectivity index (χ4v) is 3.51. The number of nitrogens with one attached hydrogen (secondary N) is 1. The van der Waals surface area contributed by atoms with Gasteiger partial charge < -0.3 is 18.9 Å². The number of methoxy groups -OCH3 is 3. The summed E-state index contributed by atoms with van der Waals surface area (Å²) in [7, 11) is 4.51. The molecule has 7 nitrogen and oxygen atoms in total. The highest BCUT2D eigenvalue weighted by Crippen LogP contribution is 2.38. The number of carbonyl (C=O) groups excluding carboxylic acids is 1. The molecule has 0 atom stereocenters. The van der Waals surface area contributed by atoms with E-state index in [9.17, 15) is 4.79 Å². The molecule has 0 aliphatic heterocycles. The van der Waals surface area contributed by atoms with Crippen LogP contribution in [0, 0.1) is 0 Å². The maximum Gasteiger partial charge on any atom is 0.257 e. The lowest BCUT2D eigenvalue weighted by atomic mass is 10.1. The van der Waals surface area contributed by atoms with Crippen molar-refractivity contribution in [3.63, 3.8) is 0 Å². The number of hydrogen-bond acceptors (Lipinski definition) is 7. The van der Waals surface area contributed by atoms with Crippen LogP contribution in [0.4, 0.5) is 5.13 Å². The highest BCUT2D eigenvalue weighted by atomic mass is 32.1. The Kier molecular flexibility index (Phi) is 5.66. The van der Waals surface area contributed by atoms with E-state index < -0.39 is 0 Å². The molecule has 0 fully saturated rings. The quantitative estimate of drug-likeness (QED) is 0.660. The van der Waals surface area contributed by atoms with Gasteiger partial charge >= 0.3 is 0 Å². The van der Waals surface area contributed by atoms with E-state index in [4.69, 9.17) is 18.9 Å². The van der Waals surface area contributed by atoms with Gasteiger partial charge in [-0.15, -0.1) is 0 Å². The van der Waals surface area contributed by atoms with Crippen LogP contribution in [0.1, 0.15) is 17.3 Å². The van der Waals surface area contributed by atoms with Gasteiger partial charge in [0, 0.05) is 5.56 Å². The van der Waals surface area contributed by atoms with Gasteiger partial charge in [-0.1, -0.05) is 17.4 Å². The second-order valence-electron chi connectivity index (χ2n) is 5.42. The number of amides is 1. The Morgan fingerprint density at radius 3 is 2.37 bits per heavy atom.